The zero-order valence-electron chi connectivity index (χ0n) is 15.4. The first kappa shape index (κ1) is 17.0. The summed E-state index contributed by atoms with van der Waals surface area (Å²) in [7, 11) is 4.45. The van der Waals surface area contributed by atoms with Gasteiger partial charge in [-0.15, -0.1) is 0 Å². The van der Waals surface area contributed by atoms with E-state index in [-0.39, 0.29) is 0 Å². The van der Waals surface area contributed by atoms with Crippen molar-refractivity contribution in [3.63, 3.8) is 0 Å². The van der Waals surface area contributed by atoms with Crippen molar-refractivity contribution in [2.24, 2.45) is 0 Å². The normalized spacial score (nSPS) is 22.8. The molecule has 23 heavy (non-hydrogen) atoms. The molecule has 1 N–H and O–H groups in total. The molecule has 5 nitrogen and oxygen atoms in total. The molecule has 5 heteroatoms. The fourth-order valence-electron chi connectivity index (χ4n) is 3.77. The summed E-state index contributed by atoms with van der Waals surface area (Å²) >= 11 is 0. The summed E-state index contributed by atoms with van der Waals surface area (Å²) < 4.78 is 0. The molecule has 0 amide bonds. The first-order chi connectivity index (χ1) is 11.0. The van der Waals surface area contributed by atoms with Gasteiger partial charge < -0.3 is 14.8 Å². The fourth-order valence-corrected chi connectivity index (χ4v) is 3.77. The Balaban J connectivity index is 1.67. The molecule has 2 fully saturated rings. The van der Waals surface area contributed by atoms with Gasteiger partial charge in [0.05, 0.1) is 0 Å². The minimum Gasteiger partial charge on any atom is -0.362 e. The Hall–Kier alpha value is -0.880. The number of aromatic amines is 1. The lowest BCUT2D eigenvalue weighted by atomic mass is 10.1. The topological polar surface area (TPSA) is 28.8 Å². The van der Waals surface area contributed by atoms with Crippen LogP contribution < -0.4 is 0 Å². The molecule has 0 aliphatic carbocycles. The van der Waals surface area contributed by atoms with Gasteiger partial charge in [0.15, 0.2) is 0 Å². The zero-order chi connectivity index (χ0) is 16.4. The van der Waals surface area contributed by atoms with Crippen molar-refractivity contribution in [2.45, 2.75) is 26.9 Å². The predicted octanol–water partition coefficient (Wildman–Crippen LogP) is 1.13. The minimum absolute atomic E-state index is 1.10. The molecule has 0 bridgehead atoms. The predicted molar refractivity (Wildman–Crippen MR) is 95.8 cm³/mol. The second kappa shape index (κ2) is 7.34. The SMILES string of the molecule is Cc1[nH]c(C)c(CN2CCN(C)CC2)c1CN1CCN(C)CC1. The van der Waals surface area contributed by atoms with Gasteiger partial charge in [0.25, 0.3) is 0 Å². The number of nitrogens with zero attached hydrogens (tertiary/aromatic N) is 4. The molecule has 0 saturated carbocycles. The highest BCUT2D eigenvalue weighted by atomic mass is 15.3. The maximum atomic E-state index is 3.60. The first-order valence-electron chi connectivity index (χ1n) is 9.01. The van der Waals surface area contributed by atoms with Gasteiger partial charge in [-0.2, -0.15) is 0 Å². The standard InChI is InChI=1S/C18H33N5/c1-15-17(13-22-9-5-20(3)6-10-22)18(16(2)19-15)14-23-11-7-21(4)8-12-23/h19H,5-14H2,1-4H3. The van der Waals surface area contributed by atoms with E-state index in [0.29, 0.717) is 0 Å². The summed E-state index contributed by atoms with van der Waals surface area (Å²) in [6.45, 7) is 16.2. The highest BCUT2D eigenvalue weighted by Crippen LogP contribution is 2.23. The number of nitrogens with one attached hydrogen (secondary N) is 1. The van der Waals surface area contributed by atoms with Crippen LogP contribution in [-0.4, -0.2) is 91.0 Å². The lowest BCUT2D eigenvalue weighted by molar-refractivity contribution is 0.141. The number of piperazine rings is 2. The number of aromatic nitrogens is 1. The number of hydrogen-bond donors (Lipinski definition) is 1. The van der Waals surface area contributed by atoms with Crippen LogP contribution >= 0.6 is 0 Å². The van der Waals surface area contributed by atoms with Crippen LogP contribution in [0, 0.1) is 13.8 Å². The Bertz CT molecular complexity index is 463. The lowest BCUT2D eigenvalue weighted by Crippen LogP contribution is -2.45. The molecule has 130 valence electrons. The van der Waals surface area contributed by atoms with E-state index in [4.69, 9.17) is 0 Å². The van der Waals surface area contributed by atoms with Crippen LogP contribution in [0.5, 0.6) is 0 Å². The van der Waals surface area contributed by atoms with E-state index in [1.807, 2.05) is 0 Å². The molecule has 3 heterocycles. The van der Waals surface area contributed by atoms with E-state index in [9.17, 15) is 0 Å². The first-order valence-corrected chi connectivity index (χ1v) is 9.01. The van der Waals surface area contributed by atoms with Gasteiger partial charge in [-0.1, -0.05) is 0 Å². The molecule has 0 spiro atoms. The number of H-pyrrole nitrogens is 1. The molecular formula is C18H33N5. The molecule has 2 aliphatic heterocycles. The highest BCUT2D eigenvalue weighted by Gasteiger charge is 2.21. The largest absolute Gasteiger partial charge is 0.362 e. The molecule has 0 unspecified atom stereocenters. The Labute approximate surface area is 141 Å². The molecule has 0 radical (unpaired) electrons. The van der Waals surface area contributed by atoms with Crippen molar-refractivity contribution >= 4 is 0 Å². The van der Waals surface area contributed by atoms with Crippen molar-refractivity contribution in [1.29, 1.82) is 0 Å². The van der Waals surface area contributed by atoms with Gasteiger partial charge in [-0.25, -0.2) is 0 Å². The number of hydrogen-bond acceptors (Lipinski definition) is 4. The van der Waals surface area contributed by atoms with Crippen LogP contribution in [0.25, 0.3) is 0 Å². The van der Waals surface area contributed by atoms with Crippen molar-refractivity contribution in [2.75, 3.05) is 66.5 Å². The van der Waals surface area contributed by atoms with E-state index < -0.39 is 0 Å². The van der Waals surface area contributed by atoms with Crippen molar-refractivity contribution in [1.82, 2.24) is 24.6 Å². The van der Waals surface area contributed by atoms with E-state index in [2.05, 4.69) is 52.5 Å². The molecule has 2 aliphatic rings. The van der Waals surface area contributed by atoms with Crippen LogP contribution in [0.2, 0.25) is 0 Å². The van der Waals surface area contributed by atoms with Gasteiger partial charge >= 0.3 is 0 Å². The molecule has 1 aromatic heterocycles. The molecular weight excluding hydrogens is 286 g/mol. The molecule has 3 rings (SSSR count). The van der Waals surface area contributed by atoms with E-state index in [1.165, 1.54) is 63.7 Å². The Morgan fingerprint density at radius 1 is 0.652 bits per heavy atom. The Kier molecular flexibility index (Phi) is 5.42. The summed E-state index contributed by atoms with van der Waals surface area (Å²) in [5.41, 5.74) is 5.83. The maximum Gasteiger partial charge on any atom is 0.0255 e. The third-order valence-corrected chi connectivity index (χ3v) is 5.60. The monoisotopic (exact) mass is 319 g/mol. The van der Waals surface area contributed by atoms with E-state index in [1.54, 1.807) is 11.1 Å². The second-order valence-corrected chi connectivity index (χ2v) is 7.49. The van der Waals surface area contributed by atoms with Gasteiger partial charge in [-0.3, -0.25) is 9.80 Å². The van der Waals surface area contributed by atoms with Gasteiger partial charge in [0, 0.05) is 76.8 Å². The van der Waals surface area contributed by atoms with Crippen LogP contribution in [-0.2, 0) is 13.1 Å². The van der Waals surface area contributed by atoms with E-state index >= 15 is 0 Å². The third-order valence-electron chi connectivity index (χ3n) is 5.60. The number of aryl methyl sites for hydroxylation is 2. The third kappa shape index (κ3) is 4.15. The van der Waals surface area contributed by atoms with Crippen LogP contribution in [0.15, 0.2) is 0 Å². The van der Waals surface area contributed by atoms with Gasteiger partial charge in [0.2, 0.25) is 0 Å². The quantitative estimate of drug-likeness (QED) is 0.901. The summed E-state index contributed by atoms with van der Waals surface area (Å²) in [5, 5.41) is 0. The smallest absolute Gasteiger partial charge is 0.0255 e. The van der Waals surface area contributed by atoms with Crippen molar-refractivity contribution in [3.05, 3.63) is 22.5 Å². The zero-order valence-corrected chi connectivity index (χ0v) is 15.4. The van der Waals surface area contributed by atoms with Crippen molar-refractivity contribution in [3.8, 4) is 0 Å². The summed E-state index contributed by atoms with van der Waals surface area (Å²) in [5.74, 6) is 0. The number of likely N-dealkylation sites (N-methyl/N-ethyl adjacent to an activating group) is 2. The van der Waals surface area contributed by atoms with Gasteiger partial charge in [0.1, 0.15) is 0 Å². The van der Waals surface area contributed by atoms with Crippen LogP contribution in [0.4, 0.5) is 0 Å². The van der Waals surface area contributed by atoms with E-state index in [0.717, 1.165) is 13.1 Å². The molecule has 0 aromatic carbocycles. The minimum atomic E-state index is 1.10. The highest BCUT2D eigenvalue weighted by molar-refractivity contribution is 5.36. The maximum absolute atomic E-state index is 3.60. The Morgan fingerprint density at radius 3 is 1.35 bits per heavy atom. The fraction of sp³-hybridized carbons (Fsp3) is 0.778. The van der Waals surface area contributed by atoms with Gasteiger partial charge in [-0.05, 0) is 39.1 Å². The van der Waals surface area contributed by atoms with Crippen LogP contribution in [0.1, 0.15) is 22.5 Å². The molecule has 0 atom stereocenters. The molecule has 2 saturated heterocycles. The number of rotatable bonds is 4. The summed E-state index contributed by atoms with van der Waals surface area (Å²) in [4.78, 5) is 13.7. The average Bonchev–Trinajstić information content (AvgIpc) is 2.78. The average molecular weight is 319 g/mol. The Morgan fingerprint density at radius 2 is 1.00 bits per heavy atom. The second-order valence-electron chi connectivity index (χ2n) is 7.49. The van der Waals surface area contributed by atoms with Crippen LogP contribution in [0.3, 0.4) is 0 Å². The lowest BCUT2D eigenvalue weighted by Gasteiger charge is -2.34. The molecule has 1 aromatic rings. The van der Waals surface area contributed by atoms with Crippen molar-refractivity contribution < 1.29 is 0 Å². The summed E-state index contributed by atoms with van der Waals surface area (Å²) in [6, 6.07) is 0. The summed E-state index contributed by atoms with van der Waals surface area (Å²) in [6.07, 6.45) is 0.